The molecule has 1 aliphatic carbocycles. The van der Waals surface area contributed by atoms with E-state index < -0.39 is 0 Å². The molecule has 1 fully saturated rings. The molecule has 90 valence electrons. The summed E-state index contributed by atoms with van der Waals surface area (Å²) in [5, 5.41) is 0. The van der Waals surface area contributed by atoms with Gasteiger partial charge in [-0.05, 0) is 37.6 Å². The Balaban J connectivity index is 0.00000128. The van der Waals surface area contributed by atoms with Gasteiger partial charge >= 0.3 is 0 Å². The first kappa shape index (κ1) is 14.0. The van der Waals surface area contributed by atoms with Crippen molar-refractivity contribution in [2.75, 3.05) is 7.05 Å². The van der Waals surface area contributed by atoms with Crippen LogP contribution >= 0.6 is 28.3 Å². The van der Waals surface area contributed by atoms with Gasteiger partial charge in [0.1, 0.15) is 0 Å². The first-order chi connectivity index (χ1) is 7.15. The standard InChI is InChI=1S/C12H17BrN2.ClH/c1-15(12-6-11(14)7-12)8-9-2-4-10(13)5-3-9;/h2-5,11-12H,6-8,14H2,1H3;1H. The smallest absolute Gasteiger partial charge is 0.0233 e. The third kappa shape index (κ3) is 3.45. The molecule has 0 aromatic heterocycles. The van der Waals surface area contributed by atoms with Crippen molar-refractivity contribution in [3.8, 4) is 0 Å². The summed E-state index contributed by atoms with van der Waals surface area (Å²) in [6, 6.07) is 9.63. The number of nitrogens with zero attached hydrogens (tertiary/aromatic N) is 1. The summed E-state index contributed by atoms with van der Waals surface area (Å²) < 4.78 is 1.14. The predicted molar refractivity (Wildman–Crippen MR) is 73.9 cm³/mol. The van der Waals surface area contributed by atoms with Crippen LogP contribution in [0.25, 0.3) is 0 Å². The zero-order valence-corrected chi connectivity index (χ0v) is 11.8. The number of rotatable bonds is 3. The van der Waals surface area contributed by atoms with E-state index in [1.54, 1.807) is 0 Å². The minimum absolute atomic E-state index is 0. The first-order valence-corrected chi connectivity index (χ1v) is 6.14. The van der Waals surface area contributed by atoms with Gasteiger partial charge in [0.05, 0.1) is 0 Å². The van der Waals surface area contributed by atoms with Crippen LogP contribution in [0.4, 0.5) is 0 Å². The fraction of sp³-hybridized carbons (Fsp3) is 0.500. The van der Waals surface area contributed by atoms with Crippen molar-refractivity contribution in [1.82, 2.24) is 4.90 Å². The molecule has 0 unspecified atom stereocenters. The molecule has 1 aromatic carbocycles. The Hall–Kier alpha value is -0.0900. The van der Waals surface area contributed by atoms with Crippen LogP contribution in [0.3, 0.4) is 0 Å². The maximum Gasteiger partial charge on any atom is 0.0233 e. The van der Waals surface area contributed by atoms with Crippen molar-refractivity contribution < 1.29 is 0 Å². The van der Waals surface area contributed by atoms with E-state index >= 15 is 0 Å². The van der Waals surface area contributed by atoms with Crippen LogP contribution < -0.4 is 5.73 Å². The number of hydrogen-bond donors (Lipinski definition) is 1. The molecule has 2 N–H and O–H groups in total. The van der Waals surface area contributed by atoms with Gasteiger partial charge in [0.15, 0.2) is 0 Å². The average molecular weight is 306 g/mol. The Labute approximate surface area is 112 Å². The maximum absolute atomic E-state index is 5.79. The molecule has 0 saturated heterocycles. The number of nitrogens with two attached hydrogens (primary N) is 1. The minimum Gasteiger partial charge on any atom is -0.328 e. The predicted octanol–water partition coefficient (Wildman–Crippen LogP) is 2.79. The molecule has 1 aliphatic rings. The van der Waals surface area contributed by atoms with Gasteiger partial charge in [0, 0.05) is 23.1 Å². The van der Waals surface area contributed by atoms with E-state index in [1.807, 2.05) is 0 Å². The molecule has 2 rings (SSSR count). The largest absolute Gasteiger partial charge is 0.328 e. The molecule has 2 nitrogen and oxygen atoms in total. The highest BCUT2D eigenvalue weighted by Crippen LogP contribution is 2.24. The Morgan fingerprint density at radius 1 is 1.31 bits per heavy atom. The van der Waals surface area contributed by atoms with Crippen LogP contribution in [0.1, 0.15) is 18.4 Å². The summed E-state index contributed by atoms with van der Waals surface area (Å²) in [6.45, 7) is 1.02. The normalized spacial score (nSPS) is 23.8. The molecule has 0 aliphatic heterocycles. The van der Waals surface area contributed by atoms with Crippen LogP contribution in [-0.2, 0) is 6.54 Å². The summed E-state index contributed by atoms with van der Waals surface area (Å²) in [4.78, 5) is 2.40. The lowest BCUT2D eigenvalue weighted by Gasteiger charge is -2.39. The van der Waals surface area contributed by atoms with Crippen molar-refractivity contribution in [3.05, 3.63) is 34.3 Å². The zero-order chi connectivity index (χ0) is 10.8. The van der Waals surface area contributed by atoms with Crippen molar-refractivity contribution in [3.63, 3.8) is 0 Å². The Morgan fingerprint density at radius 2 is 1.88 bits per heavy atom. The fourth-order valence-electron chi connectivity index (χ4n) is 2.00. The molecular formula is C12H18BrClN2. The van der Waals surface area contributed by atoms with Gasteiger partial charge in [-0.15, -0.1) is 12.4 Å². The molecule has 0 atom stereocenters. The lowest BCUT2D eigenvalue weighted by molar-refractivity contribution is 0.132. The Kier molecular flexibility index (Phi) is 5.25. The van der Waals surface area contributed by atoms with Crippen LogP contribution in [0.2, 0.25) is 0 Å². The van der Waals surface area contributed by atoms with Gasteiger partial charge in [0.2, 0.25) is 0 Å². The molecule has 16 heavy (non-hydrogen) atoms. The second-order valence-electron chi connectivity index (χ2n) is 4.43. The summed E-state index contributed by atoms with van der Waals surface area (Å²) >= 11 is 3.44. The van der Waals surface area contributed by atoms with Crippen molar-refractivity contribution in [2.45, 2.75) is 31.5 Å². The minimum atomic E-state index is 0. The SMILES string of the molecule is CN(Cc1ccc(Br)cc1)C1CC(N)C1.Cl. The summed E-state index contributed by atoms with van der Waals surface area (Å²) in [5.74, 6) is 0. The number of benzene rings is 1. The number of hydrogen-bond acceptors (Lipinski definition) is 2. The molecule has 0 bridgehead atoms. The molecule has 1 aromatic rings. The Morgan fingerprint density at radius 3 is 2.38 bits per heavy atom. The third-order valence-corrected chi connectivity index (χ3v) is 3.65. The lowest BCUT2D eigenvalue weighted by Crippen LogP contribution is -2.48. The highest BCUT2D eigenvalue weighted by molar-refractivity contribution is 9.10. The van der Waals surface area contributed by atoms with Crippen molar-refractivity contribution in [1.29, 1.82) is 0 Å². The van der Waals surface area contributed by atoms with Crippen LogP contribution in [-0.4, -0.2) is 24.0 Å². The molecule has 0 amide bonds. The highest BCUT2D eigenvalue weighted by atomic mass is 79.9. The first-order valence-electron chi connectivity index (χ1n) is 5.35. The van der Waals surface area contributed by atoms with E-state index in [9.17, 15) is 0 Å². The monoisotopic (exact) mass is 304 g/mol. The molecule has 0 spiro atoms. The van der Waals surface area contributed by atoms with Crippen LogP contribution in [0.5, 0.6) is 0 Å². The Bertz CT molecular complexity index is 322. The van der Waals surface area contributed by atoms with E-state index in [2.05, 4.69) is 52.1 Å². The van der Waals surface area contributed by atoms with E-state index in [0.29, 0.717) is 12.1 Å². The van der Waals surface area contributed by atoms with Crippen molar-refractivity contribution >= 4 is 28.3 Å². The topological polar surface area (TPSA) is 29.3 Å². The zero-order valence-electron chi connectivity index (χ0n) is 9.40. The molecule has 0 heterocycles. The molecule has 1 saturated carbocycles. The van der Waals surface area contributed by atoms with Gasteiger partial charge in [-0.1, -0.05) is 28.1 Å². The van der Waals surface area contributed by atoms with Gasteiger partial charge in [-0.3, -0.25) is 4.90 Å². The van der Waals surface area contributed by atoms with Crippen molar-refractivity contribution in [2.24, 2.45) is 5.73 Å². The average Bonchev–Trinajstić information content (AvgIpc) is 2.17. The van der Waals surface area contributed by atoms with E-state index in [1.165, 1.54) is 5.56 Å². The molecule has 4 heteroatoms. The van der Waals surface area contributed by atoms with Gasteiger partial charge in [0.25, 0.3) is 0 Å². The van der Waals surface area contributed by atoms with Gasteiger partial charge in [-0.2, -0.15) is 0 Å². The second kappa shape index (κ2) is 6.01. The lowest BCUT2D eigenvalue weighted by atomic mass is 9.86. The summed E-state index contributed by atoms with van der Waals surface area (Å²) in [5.41, 5.74) is 7.15. The van der Waals surface area contributed by atoms with Crippen LogP contribution in [0, 0.1) is 0 Å². The summed E-state index contributed by atoms with van der Waals surface area (Å²) in [6.07, 6.45) is 2.29. The summed E-state index contributed by atoms with van der Waals surface area (Å²) in [7, 11) is 2.18. The molecular weight excluding hydrogens is 288 g/mol. The molecule has 0 radical (unpaired) electrons. The van der Waals surface area contributed by atoms with Gasteiger partial charge in [-0.25, -0.2) is 0 Å². The maximum atomic E-state index is 5.79. The quantitative estimate of drug-likeness (QED) is 0.930. The number of halogens is 2. The van der Waals surface area contributed by atoms with E-state index in [-0.39, 0.29) is 12.4 Å². The van der Waals surface area contributed by atoms with E-state index in [4.69, 9.17) is 5.73 Å². The van der Waals surface area contributed by atoms with Crippen LogP contribution in [0.15, 0.2) is 28.7 Å². The second-order valence-corrected chi connectivity index (χ2v) is 5.34. The van der Waals surface area contributed by atoms with E-state index in [0.717, 1.165) is 23.9 Å². The third-order valence-electron chi connectivity index (χ3n) is 3.12. The fourth-order valence-corrected chi connectivity index (χ4v) is 2.26. The van der Waals surface area contributed by atoms with Gasteiger partial charge < -0.3 is 5.73 Å². The highest BCUT2D eigenvalue weighted by Gasteiger charge is 2.28.